The van der Waals surface area contributed by atoms with E-state index in [1.165, 1.54) is 24.3 Å². The van der Waals surface area contributed by atoms with Gasteiger partial charge in [0.25, 0.3) is 0 Å². The van der Waals surface area contributed by atoms with Crippen LogP contribution in [0.15, 0.2) is 122 Å². The molecule has 66 heavy (non-hydrogen) atoms. The van der Waals surface area contributed by atoms with Gasteiger partial charge in [0.15, 0.2) is 5.78 Å². The molecule has 2 aliphatic rings. The molecule has 2 aromatic heterocycles. The van der Waals surface area contributed by atoms with E-state index in [-0.39, 0.29) is 17.4 Å². The average molecular weight is 934 g/mol. The molecule has 4 aromatic carbocycles. The first kappa shape index (κ1) is 46.8. The van der Waals surface area contributed by atoms with Gasteiger partial charge in [-0.05, 0) is 83.9 Å². The Labute approximate surface area is 396 Å². The van der Waals surface area contributed by atoms with Crippen LogP contribution in [0.5, 0.6) is 0 Å². The molecule has 0 spiro atoms. The van der Waals surface area contributed by atoms with Gasteiger partial charge in [0.1, 0.15) is 23.3 Å². The predicted octanol–water partition coefficient (Wildman–Crippen LogP) is 10.4. The topological polar surface area (TPSA) is 104 Å². The third kappa shape index (κ3) is 12.0. The number of benzene rings is 4. The highest BCUT2D eigenvalue weighted by molar-refractivity contribution is 6.33. The SMILES string of the molecule is CCN1CCN(C(C(=O)C(c2cccc(Nc3cc(NCc4cccc(F)c4)c(Cl)cn3)c2)N2CCN(CC)CC2)c2cccc(Nc3cc(NCc4cccc(F)c4)c(Cl)cn3)c2)CC1. The van der Waals surface area contributed by atoms with Crippen LogP contribution in [0.4, 0.5) is 43.2 Å². The van der Waals surface area contributed by atoms with Crippen LogP contribution in [0.3, 0.4) is 0 Å². The summed E-state index contributed by atoms with van der Waals surface area (Å²) >= 11 is 13.1. The van der Waals surface area contributed by atoms with Gasteiger partial charge in [-0.2, -0.15) is 0 Å². The van der Waals surface area contributed by atoms with Crippen LogP contribution in [-0.2, 0) is 17.9 Å². The zero-order valence-corrected chi connectivity index (χ0v) is 38.8. The van der Waals surface area contributed by atoms with Gasteiger partial charge in [-0.1, -0.05) is 85.6 Å². The van der Waals surface area contributed by atoms with Gasteiger partial charge in [-0.25, -0.2) is 18.7 Å². The summed E-state index contributed by atoms with van der Waals surface area (Å²) in [6.07, 6.45) is 3.17. The number of aromatic nitrogens is 2. The van der Waals surface area contributed by atoms with Crippen molar-refractivity contribution < 1.29 is 13.6 Å². The summed E-state index contributed by atoms with van der Waals surface area (Å²) < 4.78 is 27.8. The van der Waals surface area contributed by atoms with Gasteiger partial charge in [-0.3, -0.25) is 14.6 Å². The molecule has 2 unspecified atom stereocenters. The van der Waals surface area contributed by atoms with Crippen molar-refractivity contribution in [3.05, 3.63) is 166 Å². The lowest BCUT2D eigenvalue weighted by atomic mass is 9.89. The Bertz CT molecular complexity index is 2410. The number of Topliss-reactive ketones (excluding diaryl/α,β-unsaturated/α-hetero) is 1. The van der Waals surface area contributed by atoms with Crippen molar-refractivity contribution in [3.63, 3.8) is 0 Å². The summed E-state index contributed by atoms with van der Waals surface area (Å²) in [6.45, 7) is 13.5. The van der Waals surface area contributed by atoms with Gasteiger partial charge in [0.2, 0.25) is 0 Å². The third-order valence-electron chi connectivity index (χ3n) is 12.4. The van der Waals surface area contributed by atoms with Crippen molar-refractivity contribution in [3.8, 4) is 0 Å². The van der Waals surface area contributed by atoms with Crippen molar-refractivity contribution in [2.75, 3.05) is 86.7 Å². The Kier molecular flexibility index (Phi) is 15.8. The molecule has 15 heteroatoms. The molecule has 2 fully saturated rings. The molecule has 6 aromatic rings. The Morgan fingerprint density at radius 3 is 1.38 bits per heavy atom. The fourth-order valence-corrected chi connectivity index (χ4v) is 9.12. The van der Waals surface area contributed by atoms with E-state index in [2.05, 4.69) is 88.9 Å². The van der Waals surface area contributed by atoms with E-state index in [0.29, 0.717) is 46.1 Å². The van der Waals surface area contributed by atoms with E-state index >= 15 is 4.79 Å². The molecule has 0 amide bonds. The second-order valence-electron chi connectivity index (χ2n) is 16.7. The maximum absolute atomic E-state index is 15.8. The van der Waals surface area contributed by atoms with Crippen LogP contribution in [0.1, 0.15) is 48.2 Å². The van der Waals surface area contributed by atoms with Crippen LogP contribution >= 0.6 is 23.2 Å². The smallest absolute Gasteiger partial charge is 0.176 e. The van der Waals surface area contributed by atoms with E-state index in [1.807, 2.05) is 48.5 Å². The monoisotopic (exact) mass is 932 g/mol. The highest BCUT2D eigenvalue weighted by Gasteiger charge is 2.39. The lowest BCUT2D eigenvalue weighted by Gasteiger charge is -2.43. The largest absolute Gasteiger partial charge is 0.380 e. The Morgan fingerprint density at radius 1 is 0.576 bits per heavy atom. The van der Waals surface area contributed by atoms with Crippen LogP contribution in [0.25, 0.3) is 0 Å². The van der Waals surface area contributed by atoms with Crippen molar-refractivity contribution in [1.82, 2.24) is 29.6 Å². The molecule has 4 N–H and O–H groups in total. The van der Waals surface area contributed by atoms with Gasteiger partial charge in [0.05, 0.1) is 45.9 Å². The maximum Gasteiger partial charge on any atom is 0.176 e. The van der Waals surface area contributed by atoms with Crippen molar-refractivity contribution in [2.45, 2.75) is 39.0 Å². The molecule has 344 valence electrons. The van der Waals surface area contributed by atoms with Gasteiger partial charge in [0, 0.05) is 89.0 Å². The average Bonchev–Trinajstić information content (AvgIpc) is 3.33. The van der Waals surface area contributed by atoms with E-state index in [0.717, 1.165) is 99.1 Å². The van der Waals surface area contributed by atoms with Crippen molar-refractivity contribution >= 4 is 63.4 Å². The number of hydrogen-bond acceptors (Lipinski definition) is 11. The molecule has 2 aliphatic heterocycles. The summed E-state index contributed by atoms with van der Waals surface area (Å²) in [5.74, 6) is 0.651. The van der Waals surface area contributed by atoms with E-state index in [9.17, 15) is 8.78 Å². The number of pyridine rings is 2. The van der Waals surface area contributed by atoms with Crippen LogP contribution < -0.4 is 21.3 Å². The molecule has 4 heterocycles. The molecule has 0 bridgehead atoms. The minimum absolute atomic E-state index is 0.112. The lowest BCUT2D eigenvalue weighted by molar-refractivity contribution is -0.132. The van der Waals surface area contributed by atoms with Crippen molar-refractivity contribution in [2.24, 2.45) is 0 Å². The van der Waals surface area contributed by atoms with Gasteiger partial charge in [-0.15, -0.1) is 0 Å². The second-order valence-corrected chi connectivity index (χ2v) is 17.5. The summed E-state index contributed by atoms with van der Waals surface area (Å²) in [7, 11) is 0. The number of ketones is 1. The lowest BCUT2D eigenvalue weighted by Crippen LogP contribution is -2.53. The molecule has 8 rings (SSSR count). The number of nitrogens with one attached hydrogen (secondary N) is 4. The molecule has 0 saturated carbocycles. The summed E-state index contributed by atoms with van der Waals surface area (Å²) in [4.78, 5) is 34.5. The van der Waals surface area contributed by atoms with Crippen LogP contribution in [-0.4, -0.2) is 101 Å². The van der Waals surface area contributed by atoms with E-state index in [1.54, 1.807) is 24.5 Å². The minimum Gasteiger partial charge on any atom is -0.380 e. The zero-order chi connectivity index (χ0) is 46.0. The third-order valence-corrected chi connectivity index (χ3v) is 13.0. The first-order valence-corrected chi connectivity index (χ1v) is 23.4. The van der Waals surface area contributed by atoms with Crippen LogP contribution in [0.2, 0.25) is 10.0 Å². The number of carbonyl (C=O) groups excluding carboxylic acids is 1. The van der Waals surface area contributed by atoms with E-state index in [4.69, 9.17) is 23.2 Å². The Hall–Kier alpha value is -5.67. The first-order chi connectivity index (χ1) is 32.1. The molecule has 11 nitrogen and oxygen atoms in total. The summed E-state index contributed by atoms with van der Waals surface area (Å²) in [6, 6.07) is 31.6. The number of piperazine rings is 2. The highest BCUT2D eigenvalue weighted by Crippen LogP contribution is 2.36. The zero-order valence-electron chi connectivity index (χ0n) is 37.3. The van der Waals surface area contributed by atoms with Gasteiger partial charge < -0.3 is 31.1 Å². The molecule has 2 saturated heterocycles. The first-order valence-electron chi connectivity index (χ1n) is 22.6. The standard InChI is InChI=1S/C51H56Cl2F2N10O/c1-3-62-17-21-64(22-18-62)49(37-11-7-15-41(27-37)60-47-29-45(43(52)33-58-47)56-31-35-9-5-13-39(54)25-35)51(66)50(65-23-19-63(4-2)20-24-65)38-12-8-16-42(28-38)61-48-30-46(44(53)34-59-48)57-32-36-10-6-14-40(55)26-36/h5-16,25-30,33-34,49-50H,3-4,17-24,31-32H2,1-2H3,(H2,56,58,60)(H2,57,59,61). The second kappa shape index (κ2) is 22.2. The van der Waals surface area contributed by atoms with Crippen LogP contribution in [0, 0.1) is 11.6 Å². The Morgan fingerprint density at radius 2 is 0.985 bits per heavy atom. The number of halogens is 4. The highest BCUT2D eigenvalue weighted by atomic mass is 35.5. The molecular weight excluding hydrogens is 878 g/mol. The number of rotatable bonds is 18. The Balaban J connectivity index is 1.08. The number of likely N-dealkylation sites (N-methyl/N-ethyl adjacent to an activating group) is 2. The normalized spacial score (nSPS) is 16.1. The molecule has 0 radical (unpaired) electrons. The van der Waals surface area contributed by atoms with Gasteiger partial charge >= 0.3 is 0 Å². The van der Waals surface area contributed by atoms with E-state index < -0.39 is 12.1 Å². The maximum atomic E-state index is 15.8. The summed E-state index contributed by atoms with van der Waals surface area (Å²) in [5.41, 5.74) is 6.23. The number of carbonyl (C=O) groups is 1. The summed E-state index contributed by atoms with van der Waals surface area (Å²) in [5, 5.41) is 14.4. The fourth-order valence-electron chi connectivity index (χ4n) is 8.78. The number of anilines is 6. The molecule has 0 aliphatic carbocycles. The quantitative estimate of drug-likeness (QED) is 0.0663. The molecule has 2 atom stereocenters. The fraction of sp³-hybridized carbons (Fsp3) is 0.314. The van der Waals surface area contributed by atoms with Crippen molar-refractivity contribution in [1.29, 1.82) is 0 Å². The number of hydrogen-bond donors (Lipinski definition) is 4. The predicted molar refractivity (Wildman–Crippen MR) is 263 cm³/mol. The number of nitrogens with zero attached hydrogens (tertiary/aromatic N) is 6. The molecular formula is C51H56Cl2F2N10O. The minimum atomic E-state index is -0.539.